The molecule has 8 heteroatoms. The first-order valence-corrected chi connectivity index (χ1v) is 22.1. The Morgan fingerprint density at radius 3 is 1.04 bits per heavy atom. The van der Waals surface area contributed by atoms with Gasteiger partial charge in [-0.2, -0.15) is 0 Å². The van der Waals surface area contributed by atoms with Crippen molar-refractivity contribution in [3.8, 4) is 0 Å². The number of likely N-dealkylation sites (N-methyl/N-ethyl adjacent to an activating group) is 1. The third-order valence-electron chi connectivity index (χ3n) is 15.0. The molecule has 0 radical (unpaired) electrons. The minimum absolute atomic E-state index is 0. The summed E-state index contributed by atoms with van der Waals surface area (Å²) in [6, 6.07) is 0. The smallest absolute Gasteiger partial charge is 0.129 e. The molecule has 0 aromatic carbocycles. The van der Waals surface area contributed by atoms with Crippen molar-refractivity contribution >= 4 is 0 Å². The van der Waals surface area contributed by atoms with Crippen LogP contribution in [0.25, 0.3) is 0 Å². The lowest BCUT2D eigenvalue weighted by Gasteiger charge is -2.59. The molecule has 4 bridgehead atoms. The second kappa shape index (κ2) is 19.7. The van der Waals surface area contributed by atoms with E-state index in [4.69, 9.17) is 0 Å². The van der Waals surface area contributed by atoms with Crippen LogP contribution in [0, 0.1) is 0 Å². The Morgan fingerprint density at radius 2 is 0.769 bits per heavy atom. The second-order valence-electron chi connectivity index (χ2n) is 22.4. The monoisotopic (exact) mass is 742 g/mol. The first-order valence-electron chi connectivity index (χ1n) is 22.1. The van der Waals surface area contributed by atoms with Crippen molar-refractivity contribution in [2.45, 2.75) is 145 Å². The summed E-state index contributed by atoms with van der Waals surface area (Å²) in [5.41, 5.74) is 1.88. The lowest BCUT2D eigenvalue weighted by atomic mass is 9.95. The number of nitrogens with one attached hydrogen (secondary N) is 5. The molecule has 9 aliphatic heterocycles. The summed E-state index contributed by atoms with van der Waals surface area (Å²) < 4.78 is 4.10. The summed E-state index contributed by atoms with van der Waals surface area (Å²) in [6.45, 7) is 55.8. The summed E-state index contributed by atoms with van der Waals surface area (Å²) in [5.74, 6) is 0. The molecule has 0 aromatic rings. The average Bonchev–Trinajstić information content (AvgIpc) is 3.57. The van der Waals surface area contributed by atoms with E-state index in [0.29, 0.717) is 22.2 Å². The van der Waals surface area contributed by atoms with Gasteiger partial charge in [0.05, 0.1) is 75.5 Å². The molecule has 0 unspecified atom stereocenters. The van der Waals surface area contributed by atoms with Crippen LogP contribution in [0.15, 0.2) is 0 Å². The molecule has 52 heavy (non-hydrogen) atoms. The third kappa shape index (κ3) is 14.0. The zero-order valence-corrected chi connectivity index (χ0v) is 37.5. The van der Waals surface area contributed by atoms with Gasteiger partial charge in [0.15, 0.2) is 0 Å². The van der Waals surface area contributed by atoms with Gasteiger partial charge in [-0.05, 0) is 102 Å². The van der Waals surface area contributed by atoms with Crippen molar-refractivity contribution in [2.75, 3.05) is 145 Å². The molecule has 9 saturated heterocycles. The lowest BCUT2D eigenvalue weighted by Crippen LogP contribution is -3.21. The zero-order chi connectivity index (χ0) is 38.2. The second-order valence-corrected chi connectivity index (χ2v) is 22.4. The highest BCUT2D eigenvalue weighted by molar-refractivity contribution is 4.71. The topological polar surface area (TPSA) is 29.8 Å². The summed E-state index contributed by atoms with van der Waals surface area (Å²) in [6.07, 6.45) is 7.23. The summed E-state index contributed by atoms with van der Waals surface area (Å²) in [4.78, 5) is 7.07. The van der Waals surface area contributed by atoms with Crippen molar-refractivity contribution in [1.82, 2.24) is 5.32 Å². The SMILES string of the molecule is C.CC(C)(C)[N+]12CC[N+](C)(CC1)CC2.CC(C)(C)[N+]12CC[NH+](CC1)CC2.CC(C)(C)[NH+]1CCCCC1.CC(C)(C)[NH+]1CCNCC1.C[NH+]1CCCC1. The van der Waals surface area contributed by atoms with E-state index in [1.54, 1.807) is 14.7 Å². The number of rotatable bonds is 0. The van der Waals surface area contributed by atoms with Crippen molar-refractivity contribution in [3.63, 3.8) is 0 Å². The number of nitrogens with zero attached hydrogens (tertiary/aromatic N) is 3. The number of piperazine rings is 7. The number of quaternary nitrogens is 7. The summed E-state index contributed by atoms with van der Waals surface area (Å²) in [5, 5.41) is 3.37. The molecule has 0 amide bonds. The van der Waals surface area contributed by atoms with Gasteiger partial charge in [-0.15, -0.1) is 0 Å². The van der Waals surface area contributed by atoms with Gasteiger partial charge in [0.25, 0.3) is 0 Å². The van der Waals surface area contributed by atoms with Gasteiger partial charge in [-0.25, -0.2) is 0 Å². The molecule has 9 aliphatic rings. The van der Waals surface area contributed by atoms with E-state index in [-0.39, 0.29) is 7.43 Å². The number of hydrogen-bond acceptors (Lipinski definition) is 1. The van der Waals surface area contributed by atoms with Gasteiger partial charge in [0, 0.05) is 25.9 Å². The highest BCUT2D eigenvalue weighted by Gasteiger charge is 2.52. The summed E-state index contributed by atoms with van der Waals surface area (Å²) in [7, 11) is 4.68. The van der Waals surface area contributed by atoms with Crippen LogP contribution < -0.4 is 24.9 Å². The van der Waals surface area contributed by atoms with Crippen LogP contribution in [0.4, 0.5) is 0 Å². The molecule has 9 fully saturated rings. The van der Waals surface area contributed by atoms with Crippen LogP contribution in [-0.4, -0.2) is 181 Å². The minimum atomic E-state index is 0. The van der Waals surface area contributed by atoms with Crippen molar-refractivity contribution in [2.24, 2.45) is 0 Å². The number of piperidine rings is 1. The molecule has 0 aliphatic carbocycles. The average molecular weight is 742 g/mol. The van der Waals surface area contributed by atoms with E-state index in [9.17, 15) is 0 Å². The van der Waals surface area contributed by atoms with Gasteiger partial charge >= 0.3 is 0 Å². The minimum Gasteiger partial charge on any atom is -0.337 e. The molecule has 5 N–H and O–H groups in total. The zero-order valence-electron chi connectivity index (χ0n) is 37.5. The van der Waals surface area contributed by atoms with Crippen molar-refractivity contribution in [3.05, 3.63) is 0 Å². The number of hydrogen-bond donors (Lipinski definition) is 5. The van der Waals surface area contributed by atoms with Crippen LogP contribution in [0.3, 0.4) is 0 Å². The van der Waals surface area contributed by atoms with E-state index in [2.05, 4.69) is 102 Å². The fourth-order valence-electron chi connectivity index (χ4n) is 9.99. The quantitative estimate of drug-likeness (QED) is 0.233. The van der Waals surface area contributed by atoms with E-state index in [1.165, 1.54) is 176 Å². The van der Waals surface area contributed by atoms with Crippen molar-refractivity contribution in [1.29, 1.82) is 0 Å². The molecular formula is C44H101N8+7. The fraction of sp³-hybridized carbons (Fsp3) is 1.00. The molecule has 0 atom stereocenters. The Morgan fingerprint density at radius 1 is 0.423 bits per heavy atom. The predicted molar refractivity (Wildman–Crippen MR) is 226 cm³/mol. The van der Waals surface area contributed by atoms with Crippen LogP contribution in [0.2, 0.25) is 0 Å². The van der Waals surface area contributed by atoms with Crippen LogP contribution >= 0.6 is 0 Å². The molecular weight excluding hydrogens is 641 g/mol. The van der Waals surface area contributed by atoms with E-state index >= 15 is 0 Å². The van der Waals surface area contributed by atoms with Gasteiger partial charge in [-0.1, -0.05) is 7.43 Å². The summed E-state index contributed by atoms with van der Waals surface area (Å²) >= 11 is 0. The molecule has 8 nitrogen and oxygen atoms in total. The van der Waals surface area contributed by atoms with Gasteiger partial charge in [0.2, 0.25) is 0 Å². The lowest BCUT2D eigenvalue weighted by molar-refractivity contribution is -1.09. The highest BCUT2D eigenvalue weighted by atomic mass is 15.5. The molecule has 9 heterocycles. The third-order valence-corrected chi connectivity index (χ3v) is 15.0. The fourth-order valence-corrected chi connectivity index (χ4v) is 9.99. The maximum atomic E-state index is 3.37. The van der Waals surface area contributed by atoms with Crippen molar-refractivity contribution < 1.29 is 33.0 Å². The number of likely N-dealkylation sites (tertiary alicyclic amines) is 2. The van der Waals surface area contributed by atoms with Crippen LogP contribution in [0.1, 0.15) is 123 Å². The maximum Gasteiger partial charge on any atom is 0.129 e. The standard InChI is InChI=1S/C11H24N2.C10H21N2.C9H19N.C8H18N2.C5H11N.CH4/c1-11(2,3)13-8-5-12(4,6-9-13)7-10-13;1-10(2,3)12-7-4-11(5-8-12)6-9-12;1-9(2,3)10-7-5-4-6-8-10;1-8(2,3)10-6-4-9-5-7-10;1-6-4-2-3-5-6;/h5-10H2,1-4H3;4-9H2,1-3H3;4-8H2,1-3H3;9H,4-7H2,1-3H3;2-5H2,1H3;1H4/q+2;+1;;;;/p+4. The normalized spacial score (nSPS) is 32.8. The Hall–Kier alpha value is -0.320. The largest absolute Gasteiger partial charge is 0.337 e. The maximum absolute atomic E-state index is 3.37. The molecule has 310 valence electrons. The Bertz CT molecular complexity index is 907. The van der Waals surface area contributed by atoms with E-state index < -0.39 is 0 Å². The van der Waals surface area contributed by atoms with E-state index in [1.807, 2.05) is 4.90 Å². The Balaban J connectivity index is 0.000000228. The Labute approximate surface area is 327 Å². The first kappa shape index (κ1) is 47.8. The van der Waals surface area contributed by atoms with Gasteiger partial charge in [0.1, 0.15) is 78.5 Å². The van der Waals surface area contributed by atoms with E-state index in [0.717, 1.165) is 0 Å². The molecule has 0 spiro atoms. The predicted octanol–water partition coefficient (Wildman–Crippen LogP) is 0.647. The van der Waals surface area contributed by atoms with Crippen LogP contribution in [0.5, 0.6) is 0 Å². The van der Waals surface area contributed by atoms with Gasteiger partial charge < -0.3 is 38.4 Å². The highest BCUT2D eigenvalue weighted by Crippen LogP contribution is 2.33. The molecule has 0 saturated carbocycles. The molecule has 9 rings (SSSR count). The van der Waals surface area contributed by atoms with Gasteiger partial charge in [-0.3, -0.25) is 0 Å². The Kier molecular flexibility index (Phi) is 18.1. The van der Waals surface area contributed by atoms with Crippen LogP contribution in [-0.2, 0) is 0 Å². The molecule has 0 aromatic heterocycles. The first-order chi connectivity index (χ1) is 23.5. The number of fused-ring (bicyclic) bond motifs is 6.